The molecule has 1 heterocycles. The Morgan fingerprint density at radius 1 is 1.19 bits per heavy atom. The fourth-order valence-corrected chi connectivity index (χ4v) is 3.08. The number of aliphatic hydroxyl groups excluding tert-OH is 1. The number of carbonyl (C=O) groups excluding carboxylic acids is 1. The molecule has 1 N–H and O–H groups in total. The molecular weight excluding hydrogens is 332 g/mol. The molecule has 0 spiro atoms. The molecule has 0 saturated carbocycles. The second-order valence-corrected chi connectivity index (χ2v) is 6.04. The third kappa shape index (κ3) is 3.41. The maximum Gasteiger partial charge on any atom is 0.232 e. The van der Waals surface area contributed by atoms with Crippen molar-refractivity contribution in [3.63, 3.8) is 0 Å². The third-order valence-electron chi connectivity index (χ3n) is 4.41. The standard InChI is InChI=1S/C20H22N2O4/c1-13-21-16-6-4-5-7-17(16)22(13)20(24)11-10-18(23)15-9-8-14(25-2)12-19(15)26-3/h4-9,12,18,23H,10-11H2,1-3H3. The molecule has 3 rings (SSSR count). The first kappa shape index (κ1) is 17.9. The zero-order valence-electron chi connectivity index (χ0n) is 15.1. The van der Waals surface area contributed by atoms with Crippen LogP contribution in [0.2, 0.25) is 0 Å². The van der Waals surface area contributed by atoms with Crippen molar-refractivity contribution in [2.45, 2.75) is 25.9 Å². The van der Waals surface area contributed by atoms with Crippen LogP contribution in [0.25, 0.3) is 11.0 Å². The van der Waals surface area contributed by atoms with Gasteiger partial charge in [-0.25, -0.2) is 4.98 Å². The number of carbonyl (C=O) groups is 1. The van der Waals surface area contributed by atoms with E-state index in [2.05, 4.69) is 4.98 Å². The van der Waals surface area contributed by atoms with Crippen molar-refractivity contribution < 1.29 is 19.4 Å². The van der Waals surface area contributed by atoms with Crippen LogP contribution in [-0.2, 0) is 0 Å². The summed E-state index contributed by atoms with van der Waals surface area (Å²) in [5.74, 6) is 1.73. The summed E-state index contributed by atoms with van der Waals surface area (Å²) in [5, 5.41) is 10.5. The fourth-order valence-electron chi connectivity index (χ4n) is 3.08. The zero-order valence-corrected chi connectivity index (χ0v) is 15.1. The lowest BCUT2D eigenvalue weighted by Crippen LogP contribution is -2.14. The van der Waals surface area contributed by atoms with Gasteiger partial charge in [-0.1, -0.05) is 12.1 Å². The molecule has 1 unspecified atom stereocenters. The number of hydrogen-bond acceptors (Lipinski definition) is 5. The molecule has 6 nitrogen and oxygen atoms in total. The monoisotopic (exact) mass is 354 g/mol. The topological polar surface area (TPSA) is 73.6 Å². The van der Waals surface area contributed by atoms with Gasteiger partial charge in [-0.15, -0.1) is 0 Å². The molecule has 26 heavy (non-hydrogen) atoms. The summed E-state index contributed by atoms with van der Waals surface area (Å²) in [6, 6.07) is 12.8. The quantitative estimate of drug-likeness (QED) is 0.733. The first-order chi connectivity index (χ1) is 12.5. The molecule has 3 aromatic rings. The van der Waals surface area contributed by atoms with E-state index in [4.69, 9.17) is 9.47 Å². The molecule has 2 aromatic carbocycles. The number of fused-ring (bicyclic) bond motifs is 1. The van der Waals surface area contributed by atoms with E-state index in [1.165, 1.54) is 7.11 Å². The van der Waals surface area contributed by atoms with Crippen LogP contribution in [0, 0.1) is 6.92 Å². The molecule has 1 atom stereocenters. The minimum absolute atomic E-state index is 0.0947. The second-order valence-electron chi connectivity index (χ2n) is 6.04. The van der Waals surface area contributed by atoms with E-state index in [0.717, 1.165) is 11.0 Å². The minimum atomic E-state index is -0.810. The molecule has 0 saturated heterocycles. The zero-order chi connectivity index (χ0) is 18.7. The predicted octanol–water partition coefficient (Wildman–Crippen LogP) is 3.52. The van der Waals surface area contributed by atoms with Gasteiger partial charge in [0.25, 0.3) is 0 Å². The van der Waals surface area contributed by atoms with Crippen molar-refractivity contribution >= 4 is 16.9 Å². The summed E-state index contributed by atoms with van der Waals surface area (Å²) in [6.07, 6.45) is -0.333. The number of benzene rings is 2. The van der Waals surface area contributed by atoms with Crippen LogP contribution in [0.5, 0.6) is 11.5 Å². The second kappa shape index (κ2) is 7.58. The smallest absolute Gasteiger partial charge is 0.232 e. The Labute approximate surface area is 152 Å². The lowest BCUT2D eigenvalue weighted by Gasteiger charge is -2.16. The number of ether oxygens (including phenoxy) is 2. The molecule has 0 fully saturated rings. The van der Waals surface area contributed by atoms with E-state index in [0.29, 0.717) is 22.9 Å². The first-order valence-corrected chi connectivity index (χ1v) is 8.42. The van der Waals surface area contributed by atoms with Crippen LogP contribution in [-0.4, -0.2) is 34.8 Å². The highest BCUT2D eigenvalue weighted by Gasteiger charge is 2.18. The van der Waals surface area contributed by atoms with Crippen LogP contribution >= 0.6 is 0 Å². The van der Waals surface area contributed by atoms with Gasteiger partial charge in [-0.2, -0.15) is 0 Å². The van der Waals surface area contributed by atoms with E-state index < -0.39 is 6.10 Å². The van der Waals surface area contributed by atoms with E-state index >= 15 is 0 Å². The lowest BCUT2D eigenvalue weighted by atomic mass is 10.0. The molecule has 1 aromatic heterocycles. The van der Waals surface area contributed by atoms with Crippen LogP contribution in [0.15, 0.2) is 42.5 Å². The van der Waals surface area contributed by atoms with E-state index in [9.17, 15) is 9.90 Å². The fraction of sp³-hybridized carbons (Fsp3) is 0.300. The maximum atomic E-state index is 12.7. The van der Waals surface area contributed by atoms with E-state index in [1.807, 2.05) is 24.3 Å². The van der Waals surface area contributed by atoms with Gasteiger partial charge in [-0.3, -0.25) is 9.36 Å². The molecule has 0 aliphatic rings. The van der Waals surface area contributed by atoms with Gasteiger partial charge < -0.3 is 14.6 Å². The average Bonchev–Trinajstić information content (AvgIpc) is 3.00. The van der Waals surface area contributed by atoms with Gasteiger partial charge in [0.05, 0.1) is 31.4 Å². The molecule has 136 valence electrons. The Morgan fingerprint density at radius 2 is 1.96 bits per heavy atom. The van der Waals surface area contributed by atoms with Crippen molar-refractivity contribution in [2.24, 2.45) is 0 Å². The Balaban J connectivity index is 1.76. The number of para-hydroxylation sites is 2. The highest BCUT2D eigenvalue weighted by Crippen LogP contribution is 2.31. The Hall–Kier alpha value is -2.86. The number of methoxy groups -OCH3 is 2. The number of aromatic nitrogens is 2. The summed E-state index contributed by atoms with van der Waals surface area (Å²) in [6.45, 7) is 1.81. The van der Waals surface area contributed by atoms with Crippen molar-refractivity contribution in [3.8, 4) is 11.5 Å². The molecule has 0 aliphatic heterocycles. The van der Waals surface area contributed by atoms with Gasteiger partial charge in [0, 0.05) is 18.1 Å². The van der Waals surface area contributed by atoms with Gasteiger partial charge in [0.2, 0.25) is 5.91 Å². The summed E-state index contributed by atoms with van der Waals surface area (Å²) in [5.41, 5.74) is 2.20. The van der Waals surface area contributed by atoms with Gasteiger partial charge in [-0.05, 0) is 37.6 Å². The number of imidazole rings is 1. The number of hydrogen-bond donors (Lipinski definition) is 1. The molecule has 6 heteroatoms. The molecule has 0 radical (unpaired) electrons. The Morgan fingerprint density at radius 3 is 2.69 bits per heavy atom. The average molecular weight is 354 g/mol. The highest BCUT2D eigenvalue weighted by atomic mass is 16.5. The van der Waals surface area contributed by atoms with Gasteiger partial charge >= 0.3 is 0 Å². The van der Waals surface area contributed by atoms with Crippen LogP contribution in [0.4, 0.5) is 0 Å². The van der Waals surface area contributed by atoms with Crippen LogP contribution < -0.4 is 9.47 Å². The number of nitrogens with zero attached hydrogens (tertiary/aromatic N) is 2. The summed E-state index contributed by atoms with van der Waals surface area (Å²) in [4.78, 5) is 17.1. The molecule has 0 amide bonds. The predicted molar refractivity (Wildman–Crippen MR) is 98.8 cm³/mol. The van der Waals surface area contributed by atoms with Gasteiger partial charge in [0.15, 0.2) is 0 Å². The van der Waals surface area contributed by atoms with E-state index in [-0.39, 0.29) is 18.7 Å². The van der Waals surface area contributed by atoms with Crippen molar-refractivity contribution in [2.75, 3.05) is 14.2 Å². The minimum Gasteiger partial charge on any atom is -0.497 e. The summed E-state index contributed by atoms with van der Waals surface area (Å²) < 4.78 is 12.1. The number of rotatable bonds is 6. The first-order valence-electron chi connectivity index (χ1n) is 8.42. The van der Waals surface area contributed by atoms with Crippen molar-refractivity contribution in [1.82, 2.24) is 9.55 Å². The molecule has 0 bridgehead atoms. The molecular formula is C20H22N2O4. The number of aliphatic hydroxyl groups is 1. The SMILES string of the molecule is COc1ccc(C(O)CCC(=O)n2c(C)nc3ccccc32)c(OC)c1. The van der Waals surface area contributed by atoms with Crippen LogP contribution in [0.1, 0.15) is 35.1 Å². The largest absolute Gasteiger partial charge is 0.497 e. The van der Waals surface area contributed by atoms with E-state index in [1.54, 1.807) is 36.8 Å². The molecule has 0 aliphatic carbocycles. The van der Waals surface area contributed by atoms with Gasteiger partial charge in [0.1, 0.15) is 17.3 Å². The maximum absolute atomic E-state index is 12.7. The third-order valence-corrected chi connectivity index (χ3v) is 4.41. The summed E-state index contributed by atoms with van der Waals surface area (Å²) >= 11 is 0. The Bertz CT molecular complexity index is 933. The van der Waals surface area contributed by atoms with Crippen LogP contribution in [0.3, 0.4) is 0 Å². The van der Waals surface area contributed by atoms with Crippen molar-refractivity contribution in [3.05, 3.63) is 53.9 Å². The Kier molecular flexibility index (Phi) is 5.23. The van der Waals surface area contributed by atoms with Crippen molar-refractivity contribution in [1.29, 1.82) is 0 Å². The normalized spacial score (nSPS) is 12.2. The highest BCUT2D eigenvalue weighted by molar-refractivity contribution is 5.91. The lowest BCUT2D eigenvalue weighted by molar-refractivity contribution is 0.0861. The summed E-state index contributed by atoms with van der Waals surface area (Å²) in [7, 11) is 3.11. The number of aryl methyl sites for hydroxylation is 1.